The molecule has 0 bridgehead atoms. The Hall–Kier alpha value is -3.00. The van der Waals surface area contributed by atoms with Crippen LogP contribution in [0.4, 0.5) is 8.78 Å². The van der Waals surface area contributed by atoms with Crippen LogP contribution in [0.15, 0.2) is 42.6 Å². The second kappa shape index (κ2) is 7.79. The van der Waals surface area contributed by atoms with Gasteiger partial charge in [0.1, 0.15) is 17.4 Å². The van der Waals surface area contributed by atoms with Crippen LogP contribution in [0, 0.1) is 6.92 Å². The highest BCUT2D eigenvalue weighted by Gasteiger charge is 2.30. The zero-order chi connectivity index (χ0) is 20.5. The lowest BCUT2D eigenvalue weighted by molar-refractivity contribution is -0.139. The number of carboxylic acids is 1. The summed E-state index contributed by atoms with van der Waals surface area (Å²) in [5, 5.41) is 12.3. The number of benzene rings is 1. The lowest BCUT2D eigenvalue weighted by atomic mass is 10.1. The normalized spacial score (nSPS) is 19.2. The third-order valence-corrected chi connectivity index (χ3v) is 5.33. The molecule has 0 amide bonds. The third-order valence-electron chi connectivity index (χ3n) is 5.33. The molecule has 1 fully saturated rings. The maximum absolute atomic E-state index is 12.7. The number of aryl methyl sites for hydroxylation is 1. The fraction of sp³-hybridized carbons (Fsp3) is 0.333. The highest BCUT2D eigenvalue weighted by atomic mass is 19.3. The zero-order valence-electron chi connectivity index (χ0n) is 15.8. The van der Waals surface area contributed by atoms with Gasteiger partial charge in [0, 0.05) is 29.9 Å². The molecule has 2 N–H and O–H groups in total. The second-order valence-corrected chi connectivity index (χ2v) is 7.18. The first-order valence-corrected chi connectivity index (χ1v) is 9.41. The average Bonchev–Trinajstić information content (AvgIpc) is 3.28. The van der Waals surface area contributed by atoms with Crippen molar-refractivity contribution in [3.63, 3.8) is 0 Å². The molecule has 29 heavy (non-hydrogen) atoms. The van der Waals surface area contributed by atoms with Gasteiger partial charge in [-0.15, -0.1) is 0 Å². The summed E-state index contributed by atoms with van der Waals surface area (Å²) >= 11 is 0. The van der Waals surface area contributed by atoms with Crippen molar-refractivity contribution in [2.75, 3.05) is 0 Å². The van der Waals surface area contributed by atoms with E-state index in [1.165, 1.54) is 6.07 Å². The maximum atomic E-state index is 12.7. The molecule has 0 radical (unpaired) electrons. The number of aliphatic carboxylic acids is 1. The lowest BCUT2D eigenvalue weighted by Crippen LogP contribution is -2.31. The highest BCUT2D eigenvalue weighted by Crippen LogP contribution is 2.29. The Labute approximate surface area is 166 Å². The molecule has 2 aromatic heterocycles. The molecule has 3 heterocycles. The van der Waals surface area contributed by atoms with Crippen molar-refractivity contribution in [3.8, 4) is 5.75 Å². The number of alkyl halides is 2. The molecule has 3 aromatic rings. The van der Waals surface area contributed by atoms with Gasteiger partial charge >= 0.3 is 12.6 Å². The summed E-state index contributed by atoms with van der Waals surface area (Å²) in [6, 6.07) is 9.97. The van der Waals surface area contributed by atoms with Gasteiger partial charge in [0.05, 0.1) is 5.69 Å². The van der Waals surface area contributed by atoms with Crippen LogP contribution in [0.1, 0.15) is 41.4 Å². The Morgan fingerprint density at radius 3 is 2.83 bits per heavy atom. The number of hydrogen-bond donors (Lipinski definition) is 2. The van der Waals surface area contributed by atoms with Crippen LogP contribution in [0.25, 0.3) is 5.65 Å². The number of rotatable bonds is 6. The SMILES string of the molecule is Cc1nc2ccc(C3CC[C@@H](C(=O)O)N3)cn2c1Cc1ccccc1OC(F)F. The van der Waals surface area contributed by atoms with Gasteiger partial charge in [0.25, 0.3) is 0 Å². The maximum Gasteiger partial charge on any atom is 0.387 e. The van der Waals surface area contributed by atoms with E-state index in [2.05, 4.69) is 15.0 Å². The summed E-state index contributed by atoms with van der Waals surface area (Å²) in [4.78, 5) is 15.8. The number of ether oxygens (including phenoxy) is 1. The number of hydrogen-bond acceptors (Lipinski definition) is 4. The van der Waals surface area contributed by atoms with E-state index in [0.717, 1.165) is 29.0 Å². The number of para-hydroxylation sites is 1. The van der Waals surface area contributed by atoms with E-state index in [1.807, 2.05) is 29.7 Å². The van der Waals surface area contributed by atoms with Crippen LogP contribution < -0.4 is 10.1 Å². The van der Waals surface area contributed by atoms with Crippen molar-refractivity contribution < 1.29 is 23.4 Å². The summed E-state index contributed by atoms with van der Waals surface area (Å²) in [7, 11) is 0. The Morgan fingerprint density at radius 1 is 1.31 bits per heavy atom. The van der Waals surface area contributed by atoms with E-state index in [9.17, 15) is 18.7 Å². The number of fused-ring (bicyclic) bond motifs is 1. The molecule has 0 saturated carbocycles. The molecule has 1 saturated heterocycles. The van der Waals surface area contributed by atoms with Crippen LogP contribution in [0.3, 0.4) is 0 Å². The van der Waals surface area contributed by atoms with Crippen LogP contribution in [0.5, 0.6) is 5.75 Å². The number of nitrogens with one attached hydrogen (secondary N) is 1. The number of pyridine rings is 1. The molecular formula is C21H21F2N3O3. The van der Waals surface area contributed by atoms with E-state index in [1.54, 1.807) is 18.2 Å². The first kappa shape index (κ1) is 19.3. The van der Waals surface area contributed by atoms with Crippen LogP contribution >= 0.6 is 0 Å². The molecule has 2 atom stereocenters. The first-order chi connectivity index (χ1) is 13.9. The topological polar surface area (TPSA) is 75.9 Å². The van der Waals surface area contributed by atoms with E-state index >= 15 is 0 Å². The fourth-order valence-corrected chi connectivity index (χ4v) is 3.89. The van der Waals surface area contributed by atoms with E-state index < -0.39 is 18.6 Å². The van der Waals surface area contributed by atoms with Crippen LogP contribution in [-0.4, -0.2) is 33.1 Å². The quantitative estimate of drug-likeness (QED) is 0.659. The molecular weight excluding hydrogens is 380 g/mol. The molecule has 0 spiro atoms. The average molecular weight is 401 g/mol. The number of nitrogens with zero attached hydrogens (tertiary/aromatic N) is 2. The van der Waals surface area contributed by atoms with Gasteiger partial charge in [-0.25, -0.2) is 4.98 Å². The summed E-state index contributed by atoms with van der Waals surface area (Å²) < 4.78 is 32.1. The molecule has 1 aromatic carbocycles. The van der Waals surface area contributed by atoms with Crippen molar-refractivity contribution in [2.45, 2.75) is 44.9 Å². The number of halogens is 2. The number of imidazole rings is 1. The van der Waals surface area contributed by atoms with E-state index in [0.29, 0.717) is 18.4 Å². The zero-order valence-corrected chi connectivity index (χ0v) is 15.8. The van der Waals surface area contributed by atoms with Gasteiger partial charge in [-0.3, -0.25) is 10.1 Å². The van der Waals surface area contributed by atoms with Crippen molar-refractivity contribution in [1.29, 1.82) is 0 Å². The first-order valence-electron chi connectivity index (χ1n) is 9.41. The van der Waals surface area contributed by atoms with Crippen LogP contribution in [-0.2, 0) is 11.2 Å². The molecule has 1 aliphatic rings. The Morgan fingerprint density at radius 2 is 2.10 bits per heavy atom. The van der Waals surface area contributed by atoms with Crippen molar-refractivity contribution >= 4 is 11.6 Å². The summed E-state index contributed by atoms with van der Waals surface area (Å²) in [6.07, 6.45) is 3.64. The van der Waals surface area contributed by atoms with Gasteiger partial charge in [-0.1, -0.05) is 24.3 Å². The van der Waals surface area contributed by atoms with Gasteiger partial charge in [-0.2, -0.15) is 8.78 Å². The largest absolute Gasteiger partial charge is 0.480 e. The van der Waals surface area contributed by atoms with Gasteiger partial charge in [0.15, 0.2) is 0 Å². The Bertz CT molecular complexity index is 1050. The summed E-state index contributed by atoms with van der Waals surface area (Å²) in [5.74, 6) is -0.696. The van der Waals surface area contributed by atoms with Crippen LogP contribution in [0.2, 0.25) is 0 Å². The second-order valence-electron chi connectivity index (χ2n) is 7.18. The molecule has 6 nitrogen and oxygen atoms in total. The van der Waals surface area contributed by atoms with Crippen molar-refractivity contribution in [3.05, 3.63) is 65.1 Å². The number of aromatic nitrogens is 2. The smallest absolute Gasteiger partial charge is 0.387 e. The fourth-order valence-electron chi connectivity index (χ4n) is 3.89. The minimum Gasteiger partial charge on any atom is -0.480 e. The van der Waals surface area contributed by atoms with E-state index in [4.69, 9.17) is 0 Å². The number of carboxylic acid groups (broad SMARTS) is 1. The Balaban J connectivity index is 1.67. The van der Waals surface area contributed by atoms with Gasteiger partial charge in [-0.05, 0) is 37.5 Å². The van der Waals surface area contributed by atoms with Crippen molar-refractivity contribution in [1.82, 2.24) is 14.7 Å². The predicted octanol–water partition coefficient (Wildman–Crippen LogP) is 3.71. The molecule has 152 valence electrons. The monoisotopic (exact) mass is 401 g/mol. The van der Waals surface area contributed by atoms with Gasteiger partial charge in [0.2, 0.25) is 0 Å². The lowest BCUT2D eigenvalue weighted by Gasteiger charge is -2.14. The highest BCUT2D eigenvalue weighted by molar-refractivity contribution is 5.74. The molecule has 8 heteroatoms. The predicted molar refractivity (Wildman–Crippen MR) is 102 cm³/mol. The van der Waals surface area contributed by atoms with Gasteiger partial charge < -0.3 is 14.2 Å². The van der Waals surface area contributed by atoms with Crippen molar-refractivity contribution in [2.24, 2.45) is 0 Å². The molecule has 0 aliphatic carbocycles. The summed E-state index contributed by atoms with van der Waals surface area (Å²) in [5.41, 5.74) is 4.04. The minimum atomic E-state index is -2.89. The summed E-state index contributed by atoms with van der Waals surface area (Å²) in [6.45, 7) is -1.01. The minimum absolute atomic E-state index is 0.0505. The molecule has 1 aliphatic heterocycles. The standard InChI is InChI=1S/C21H21F2N3O3/c1-12-17(10-13-4-2-3-5-18(13)29-21(22)23)26-11-14(6-9-19(26)24-12)15-7-8-16(25-15)20(27)28/h2-6,9,11,15-16,21,25H,7-8,10H2,1H3,(H,27,28)/t15?,16-/m0/s1. The Kier molecular flexibility index (Phi) is 5.19. The molecule has 4 rings (SSSR count). The third kappa shape index (κ3) is 3.93. The molecule has 1 unspecified atom stereocenters. The number of carbonyl (C=O) groups is 1. The van der Waals surface area contributed by atoms with E-state index in [-0.39, 0.29) is 11.8 Å².